The minimum absolute atomic E-state index is 0.0452. The van der Waals surface area contributed by atoms with Crippen LogP contribution in [0, 0.1) is 19.8 Å². The number of carboxylic acid groups (broad SMARTS) is 1. The second-order valence-electron chi connectivity index (χ2n) is 5.25. The lowest BCUT2D eigenvalue weighted by atomic mass is 10.0. The number of carbonyl (C=O) groups excluding carboxylic acids is 1. The van der Waals surface area contributed by atoms with Gasteiger partial charge in [-0.05, 0) is 37.0 Å². The molecule has 2 rings (SSSR count). The second kappa shape index (κ2) is 5.43. The fourth-order valence-electron chi connectivity index (χ4n) is 2.38. The van der Waals surface area contributed by atoms with E-state index in [9.17, 15) is 9.59 Å². The van der Waals surface area contributed by atoms with Crippen LogP contribution in [0.3, 0.4) is 0 Å². The molecule has 1 aromatic carbocycles. The number of carbonyl (C=O) groups is 2. The van der Waals surface area contributed by atoms with Gasteiger partial charge in [-0.15, -0.1) is 0 Å². The van der Waals surface area contributed by atoms with Gasteiger partial charge in [0.05, 0.1) is 5.92 Å². The Balaban J connectivity index is 1.94. The minimum atomic E-state index is -0.873. The van der Waals surface area contributed by atoms with E-state index in [1.807, 2.05) is 0 Å². The van der Waals surface area contributed by atoms with Crippen molar-refractivity contribution in [3.8, 4) is 0 Å². The summed E-state index contributed by atoms with van der Waals surface area (Å²) in [4.78, 5) is 24.2. The highest BCUT2D eigenvalue weighted by atomic mass is 16.4. The van der Waals surface area contributed by atoms with Crippen LogP contribution < -0.4 is 0 Å². The zero-order chi connectivity index (χ0) is 14.0. The molecule has 0 radical (unpaired) electrons. The summed E-state index contributed by atoms with van der Waals surface area (Å²) in [5.74, 6) is -1.45. The molecular weight excluding hydrogens is 242 g/mol. The Kier molecular flexibility index (Phi) is 3.88. The highest BCUT2D eigenvalue weighted by molar-refractivity contribution is 5.86. The topological polar surface area (TPSA) is 57.6 Å². The molecule has 4 heteroatoms. The number of carboxylic acids is 1. The summed E-state index contributed by atoms with van der Waals surface area (Å²) in [5, 5.41) is 8.92. The lowest BCUT2D eigenvalue weighted by Gasteiger charge is -2.16. The molecule has 0 aromatic heterocycles. The first-order valence-electron chi connectivity index (χ1n) is 6.54. The van der Waals surface area contributed by atoms with E-state index in [1.165, 1.54) is 16.7 Å². The van der Waals surface area contributed by atoms with Gasteiger partial charge in [-0.2, -0.15) is 0 Å². The maximum atomic E-state index is 11.7. The maximum Gasteiger partial charge on any atom is 0.308 e. The van der Waals surface area contributed by atoms with Crippen molar-refractivity contribution < 1.29 is 14.7 Å². The predicted octanol–water partition coefficient (Wildman–Crippen LogP) is 1.78. The third kappa shape index (κ3) is 3.13. The molecule has 0 spiro atoms. The molecule has 0 aliphatic carbocycles. The Hall–Kier alpha value is -1.84. The molecular formula is C15H19NO3. The zero-order valence-electron chi connectivity index (χ0n) is 11.3. The largest absolute Gasteiger partial charge is 0.481 e. The summed E-state index contributed by atoms with van der Waals surface area (Å²) < 4.78 is 0. The monoisotopic (exact) mass is 261 g/mol. The first-order valence-corrected chi connectivity index (χ1v) is 6.54. The number of hydrogen-bond acceptors (Lipinski definition) is 2. The lowest BCUT2D eigenvalue weighted by Crippen LogP contribution is -2.28. The Morgan fingerprint density at radius 3 is 2.68 bits per heavy atom. The molecule has 1 unspecified atom stereocenters. The molecule has 1 atom stereocenters. The van der Waals surface area contributed by atoms with Crippen LogP contribution in [0.5, 0.6) is 0 Å². The highest BCUT2D eigenvalue weighted by Gasteiger charge is 2.33. The third-order valence-corrected chi connectivity index (χ3v) is 3.81. The molecule has 1 aliphatic rings. The van der Waals surface area contributed by atoms with E-state index in [2.05, 4.69) is 32.0 Å². The Morgan fingerprint density at radius 2 is 2.11 bits per heavy atom. The van der Waals surface area contributed by atoms with Gasteiger partial charge in [-0.1, -0.05) is 18.2 Å². The van der Waals surface area contributed by atoms with Crippen LogP contribution in [-0.2, 0) is 16.0 Å². The van der Waals surface area contributed by atoms with Gasteiger partial charge in [0.1, 0.15) is 0 Å². The average Bonchev–Trinajstić information content (AvgIpc) is 2.73. The van der Waals surface area contributed by atoms with Crippen LogP contribution in [-0.4, -0.2) is 35.0 Å². The summed E-state index contributed by atoms with van der Waals surface area (Å²) >= 11 is 0. The summed E-state index contributed by atoms with van der Waals surface area (Å²) in [7, 11) is 0. The zero-order valence-corrected chi connectivity index (χ0v) is 11.3. The SMILES string of the molecule is Cc1ccc(CCN2CC(C(=O)O)CC2=O)cc1C. The summed E-state index contributed by atoms with van der Waals surface area (Å²) in [5.41, 5.74) is 3.69. The molecule has 19 heavy (non-hydrogen) atoms. The molecule has 102 valence electrons. The van der Waals surface area contributed by atoms with Crippen LogP contribution in [0.4, 0.5) is 0 Å². The number of nitrogens with zero attached hydrogens (tertiary/aromatic N) is 1. The Bertz CT molecular complexity index is 510. The van der Waals surface area contributed by atoms with Crippen molar-refractivity contribution in [2.24, 2.45) is 5.92 Å². The van der Waals surface area contributed by atoms with Crippen molar-refractivity contribution >= 4 is 11.9 Å². The molecule has 4 nitrogen and oxygen atoms in total. The minimum Gasteiger partial charge on any atom is -0.481 e. The maximum absolute atomic E-state index is 11.7. The van der Waals surface area contributed by atoms with Gasteiger partial charge in [0, 0.05) is 19.5 Å². The van der Waals surface area contributed by atoms with E-state index in [-0.39, 0.29) is 12.3 Å². The summed E-state index contributed by atoms with van der Waals surface area (Å²) in [6, 6.07) is 6.28. The number of amides is 1. The van der Waals surface area contributed by atoms with E-state index in [0.29, 0.717) is 13.1 Å². The van der Waals surface area contributed by atoms with E-state index in [1.54, 1.807) is 4.90 Å². The number of aryl methyl sites for hydroxylation is 2. The average molecular weight is 261 g/mol. The van der Waals surface area contributed by atoms with Crippen molar-refractivity contribution in [3.63, 3.8) is 0 Å². The highest BCUT2D eigenvalue weighted by Crippen LogP contribution is 2.19. The van der Waals surface area contributed by atoms with Crippen LogP contribution in [0.25, 0.3) is 0 Å². The van der Waals surface area contributed by atoms with Crippen LogP contribution in [0.1, 0.15) is 23.1 Å². The Morgan fingerprint density at radius 1 is 1.37 bits per heavy atom. The van der Waals surface area contributed by atoms with E-state index in [0.717, 1.165) is 6.42 Å². The number of rotatable bonds is 4. The van der Waals surface area contributed by atoms with Gasteiger partial charge in [0.25, 0.3) is 0 Å². The molecule has 0 saturated carbocycles. The van der Waals surface area contributed by atoms with Crippen LogP contribution in [0.2, 0.25) is 0 Å². The predicted molar refractivity (Wildman–Crippen MR) is 71.9 cm³/mol. The van der Waals surface area contributed by atoms with Crippen molar-refractivity contribution in [1.29, 1.82) is 0 Å². The summed E-state index contributed by atoms with van der Waals surface area (Å²) in [6.07, 6.45) is 0.918. The van der Waals surface area contributed by atoms with Gasteiger partial charge in [-0.25, -0.2) is 0 Å². The number of aliphatic carboxylic acids is 1. The number of benzene rings is 1. The molecule has 1 aliphatic heterocycles. The van der Waals surface area contributed by atoms with Gasteiger partial charge < -0.3 is 10.0 Å². The Labute approximate surface area is 113 Å². The number of likely N-dealkylation sites (tertiary alicyclic amines) is 1. The smallest absolute Gasteiger partial charge is 0.308 e. The quantitative estimate of drug-likeness (QED) is 0.898. The first-order chi connectivity index (χ1) is 8.97. The van der Waals surface area contributed by atoms with Crippen molar-refractivity contribution in [3.05, 3.63) is 34.9 Å². The third-order valence-electron chi connectivity index (χ3n) is 3.81. The normalized spacial score (nSPS) is 18.9. The second-order valence-corrected chi connectivity index (χ2v) is 5.25. The van der Waals surface area contributed by atoms with Crippen molar-refractivity contribution in [2.45, 2.75) is 26.7 Å². The van der Waals surface area contributed by atoms with Gasteiger partial charge >= 0.3 is 5.97 Å². The lowest BCUT2D eigenvalue weighted by molar-refractivity contribution is -0.141. The van der Waals surface area contributed by atoms with Gasteiger partial charge in [-0.3, -0.25) is 9.59 Å². The van der Waals surface area contributed by atoms with Crippen LogP contribution in [0.15, 0.2) is 18.2 Å². The standard InChI is InChI=1S/C15H19NO3/c1-10-3-4-12(7-11(10)2)5-6-16-9-13(15(18)19)8-14(16)17/h3-4,7,13H,5-6,8-9H2,1-2H3,(H,18,19). The van der Waals surface area contributed by atoms with E-state index in [4.69, 9.17) is 5.11 Å². The molecule has 1 saturated heterocycles. The molecule has 1 heterocycles. The summed E-state index contributed by atoms with van der Waals surface area (Å²) in [6.45, 7) is 5.09. The number of hydrogen-bond donors (Lipinski definition) is 1. The van der Waals surface area contributed by atoms with Crippen LogP contribution >= 0.6 is 0 Å². The van der Waals surface area contributed by atoms with Crippen molar-refractivity contribution in [1.82, 2.24) is 4.90 Å². The molecule has 1 aromatic rings. The molecule has 0 bridgehead atoms. The van der Waals surface area contributed by atoms with Gasteiger partial charge in [0.2, 0.25) is 5.91 Å². The van der Waals surface area contributed by atoms with E-state index < -0.39 is 11.9 Å². The molecule has 1 amide bonds. The molecule has 1 fully saturated rings. The molecule has 1 N–H and O–H groups in total. The van der Waals surface area contributed by atoms with Gasteiger partial charge in [0.15, 0.2) is 0 Å². The fourth-order valence-corrected chi connectivity index (χ4v) is 2.38. The first kappa shape index (κ1) is 13.6. The van der Waals surface area contributed by atoms with E-state index >= 15 is 0 Å². The fraction of sp³-hybridized carbons (Fsp3) is 0.467. The van der Waals surface area contributed by atoms with Crippen molar-refractivity contribution in [2.75, 3.05) is 13.1 Å².